The number of carboxylic acids is 1. The number of hydrogen-bond donors (Lipinski definition) is 1. The molecule has 0 amide bonds. The van der Waals surface area contributed by atoms with Gasteiger partial charge in [0.2, 0.25) is 0 Å². The van der Waals surface area contributed by atoms with Crippen molar-refractivity contribution in [3.05, 3.63) is 33.7 Å². The van der Waals surface area contributed by atoms with Crippen LogP contribution < -0.4 is 0 Å². The number of furan rings is 2. The Morgan fingerprint density at radius 2 is 1.73 bits per heavy atom. The Kier molecular flexibility index (Phi) is 2.77. The normalized spacial score (nSPS) is 17.0. The molecular formula is C17H15BrO4. The fourth-order valence-electron chi connectivity index (χ4n) is 3.55. The van der Waals surface area contributed by atoms with E-state index in [1.807, 2.05) is 26.0 Å². The third-order valence-corrected chi connectivity index (χ3v) is 5.53. The summed E-state index contributed by atoms with van der Waals surface area (Å²) in [7, 11) is 0. The van der Waals surface area contributed by atoms with Crippen molar-refractivity contribution in [2.24, 2.45) is 0 Å². The third-order valence-electron chi connectivity index (χ3n) is 4.74. The van der Waals surface area contributed by atoms with Crippen LogP contribution in [0.3, 0.4) is 0 Å². The van der Waals surface area contributed by atoms with Crippen LogP contribution in [0, 0.1) is 13.8 Å². The Labute approximate surface area is 135 Å². The quantitative estimate of drug-likeness (QED) is 0.691. The first-order valence-electron chi connectivity index (χ1n) is 7.30. The van der Waals surface area contributed by atoms with E-state index in [0.29, 0.717) is 24.0 Å². The molecule has 1 aliphatic carbocycles. The monoisotopic (exact) mass is 362 g/mol. The van der Waals surface area contributed by atoms with E-state index in [1.165, 1.54) is 0 Å². The summed E-state index contributed by atoms with van der Waals surface area (Å²) in [5.41, 5.74) is 1.27. The van der Waals surface area contributed by atoms with Crippen molar-refractivity contribution < 1.29 is 18.7 Å². The average molecular weight is 363 g/mol. The molecule has 1 aliphatic rings. The minimum atomic E-state index is -0.863. The summed E-state index contributed by atoms with van der Waals surface area (Å²) in [4.78, 5) is 12.0. The van der Waals surface area contributed by atoms with Gasteiger partial charge in [0.25, 0.3) is 0 Å². The van der Waals surface area contributed by atoms with E-state index in [9.17, 15) is 9.90 Å². The van der Waals surface area contributed by atoms with Crippen LogP contribution in [0.25, 0.3) is 21.9 Å². The number of halogens is 1. The van der Waals surface area contributed by atoms with Gasteiger partial charge in [-0.1, -0.05) is 6.42 Å². The maximum absolute atomic E-state index is 12.0. The van der Waals surface area contributed by atoms with E-state index >= 15 is 0 Å². The van der Waals surface area contributed by atoms with Gasteiger partial charge >= 0.3 is 5.97 Å². The zero-order valence-electron chi connectivity index (χ0n) is 12.3. The summed E-state index contributed by atoms with van der Waals surface area (Å²) >= 11 is 3.59. The van der Waals surface area contributed by atoms with Crippen LogP contribution in [0.1, 0.15) is 36.3 Å². The van der Waals surface area contributed by atoms with E-state index in [2.05, 4.69) is 15.9 Å². The summed E-state index contributed by atoms with van der Waals surface area (Å²) in [5, 5.41) is 11.6. The van der Waals surface area contributed by atoms with E-state index in [4.69, 9.17) is 8.83 Å². The lowest BCUT2D eigenvalue weighted by atomic mass is 9.63. The van der Waals surface area contributed by atoms with Crippen LogP contribution in [0.4, 0.5) is 0 Å². The van der Waals surface area contributed by atoms with Crippen molar-refractivity contribution in [1.82, 2.24) is 0 Å². The molecule has 0 aliphatic heterocycles. The minimum absolute atomic E-state index is 0.637. The Morgan fingerprint density at radius 3 is 2.27 bits per heavy atom. The molecule has 0 unspecified atom stereocenters. The minimum Gasteiger partial charge on any atom is -0.481 e. The maximum atomic E-state index is 12.0. The Bertz CT molecular complexity index is 870. The zero-order valence-corrected chi connectivity index (χ0v) is 13.9. The summed E-state index contributed by atoms with van der Waals surface area (Å²) in [6, 6.07) is 3.84. The number of aliphatic carboxylic acids is 1. The Hall–Kier alpha value is -1.75. The van der Waals surface area contributed by atoms with Crippen LogP contribution in [0.5, 0.6) is 0 Å². The molecule has 2 heterocycles. The van der Waals surface area contributed by atoms with Gasteiger partial charge in [-0.25, -0.2) is 0 Å². The molecule has 0 bridgehead atoms. The number of aryl methyl sites for hydroxylation is 2. The second-order valence-corrected chi connectivity index (χ2v) is 6.92. The van der Waals surface area contributed by atoms with Gasteiger partial charge in [-0.15, -0.1) is 0 Å². The van der Waals surface area contributed by atoms with E-state index in [0.717, 1.165) is 38.7 Å². The molecule has 0 saturated heterocycles. The van der Waals surface area contributed by atoms with Gasteiger partial charge in [0.05, 0.1) is 9.89 Å². The number of carboxylic acid groups (broad SMARTS) is 1. The Balaban J connectivity index is 2.22. The van der Waals surface area contributed by atoms with Gasteiger partial charge in [-0.05, 0) is 54.8 Å². The predicted octanol–water partition coefficient (Wildman–Crippen LogP) is 5.06. The fourth-order valence-corrected chi connectivity index (χ4v) is 4.14. The molecule has 0 atom stereocenters. The lowest BCUT2D eigenvalue weighted by molar-refractivity contribution is -0.147. The van der Waals surface area contributed by atoms with Crippen molar-refractivity contribution in [3.63, 3.8) is 0 Å². The highest BCUT2D eigenvalue weighted by Gasteiger charge is 2.49. The summed E-state index contributed by atoms with van der Waals surface area (Å²) in [5.74, 6) is 0.749. The highest BCUT2D eigenvalue weighted by atomic mass is 79.9. The SMILES string of the molecule is Cc1cc2c(C3(C(=O)O)CCC3)c3oc(C)cc3c(Br)c2o1. The van der Waals surface area contributed by atoms with Gasteiger partial charge in [-0.3, -0.25) is 4.79 Å². The van der Waals surface area contributed by atoms with Crippen LogP contribution in [0.2, 0.25) is 0 Å². The maximum Gasteiger partial charge on any atom is 0.314 e. The average Bonchev–Trinajstić information content (AvgIpc) is 2.94. The topological polar surface area (TPSA) is 63.6 Å². The largest absolute Gasteiger partial charge is 0.481 e. The van der Waals surface area contributed by atoms with Crippen molar-refractivity contribution in [3.8, 4) is 0 Å². The first kappa shape index (κ1) is 13.9. The highest BCUT2D eigenvalue weighted by molar-refractivity contribution is 9.10. The number of carbonyl (C=O) groups is 1. The van der Waals surface area contributed by atoms with Crippen LogP contribution in [-0.2, 0) is 10.2 Å². The van der Waals surface area contributed by atoms with E-state index in [1.54, 1.807) is 0 Å². The first-order valence-corrected chi connectivity index (χ1v) is 8.09. The molecule has 0 radical (unpaired) electrons. The summed E-state index contributed by atoms with van der Waals surface area (Å²) in [6.45, 7) is 3.75. The van der Waals surface area contributed by atoms with Crippen molar-refractivity contribution in [2.75, 3.05) is 0 Å². The molecule has 3 aromatic rings. The van der Waals surface area contributed by atoms with Crippen molar-refractivity contribution in [1.29, 1.82) is 0 Å². The van der Waals surface area contributed by atoms with E-state index < -0.39 is 11.4 Å². The summed E-state index contributed by atoms with van der Waals surface area (Å²) < 4.78 is 12.5. The van der Waals surface area contributed by atoms with Gasteiger partial charge in [-0.2, -0.15) is 0 Å². The lowest BCUT2D eigenvalue weighted by Gasteiger charge is -2.38. The van der Waals surface area contributed by atoms with Crippen LogP contribution in [-0.4, -0.2) is 11.1 Å². The van der Waals surface area contributed by atoms with Gasteiger partial charge < -0.3 is 13.9 Å². The van der Waals surface area contributed by atoms with Gasteiger partial charge in [0.15, 0.2) is 0 Å². The molecule has 4 nitrogen and oxygen atoms in total. The molecule has 1 N–H and O–H groups in total. The zero-order chi connectivity index (χ0) is 15.6. The molecule has 1 aromatic carbocycles. The number of benzene rings is 1. The van der Waals surface area contributed by atoms with E-state index in [-0.39, 0.29) is 0 Å². The second kappa shape index (κ2) is 4.38. The highest BCUT2D eigenvalue weighted by Crippen LogP contribution is 2.51. The molecule has 5 heteroatoms. The lowest BCUT2D eigenvalue weighted by Crippen LogP contribution is -2.42. The number of fused-ring (bicyclic) bond motifs is 2. The van der Waals surface area contributed by atoms with Crippen LogP contribution >= 0.6 is 15.9 Å². The Morgan fingerprint density at radius 1 is 1.14 bits per heavy atom. The van der Waals surface area contributed by atoms with Gasteiger partial charge in [0, 0.05) is 16.3 Å². The first-order chi connectivity index (χ1) is 10.4. The predicted molar refractivity (Wildman–Crippen MR) is 86.3 cm³/mol. The molecule has 2 aromatic heterocycles. The molecule has 1 fully saturated rings. The van der Waals surface area contributed by atoms with Gasteiger partial charge in [0.1, 0.15) is 22.7 Å². The third kappa shape index (κ3) is 1.60. The molecule has 22 heavy (non-hydrogen) atoms. The second-order valence-electron chi connectivity index (χ2n) is 6.13. The molecule has 1 saturated carbocycles. The fraction of sp³-hybridized carbons (Fsp3) is 0.353. The van der Waals surface area contributed by atoms with Crippen molar-refractivity contribution in [2.45, 2.75) is 38.5 Å². The number of rotatable bonds is 2. The number of hydrogen-bond acceptors (Lipinski definition) is 3. The summed E-state index contributed by atoms with van der Waals surface area (Å²) in [6.07, 6.45) is 2.19. The molecule has 114 valence electrons. The standard InChI is InChI=1S/C17H15BrO4/c1-8-6-10-12(17(16(19)20)4-3-5-17)14-11(7-9(2)21-14)13(18)15(10)22-8/h6-7H,3-5H2,1-2H3,(H,19,20). The smallest absolute Gasteiger partial charge is 0.314 e. The molecule has 0 spiro atoms. The van der Waals surface area contributed by atoms with Crippen molar-refractivity contribution >= 4 is 43.8 Å². The molecule has 4 rings (SSSR count). The van der Waals surface area contributed by atoms with Crippen LogP contribution in [0.15, 0.2) is 25.4 Å². The molecular weight excluding hydrogens is 348 g/mol.